The molecule has 4 nitrogen and oxygen atoms in total. The number of carbonyl (C=O) groups excluding carboxylic acids is 1. The third-order valence-electron chi connectivity index (χ3n) is 4.32. The summed E-state index contributed by atoms with van der Waals surface area (Å²) in [6.07, 6.45) is 9.80. The van der Waals surface area contributed by atoms with E-state index >= 15 is 0 Å². The molecule has 19 heavy (non-hydrogen) atoms. The molecule has 2 rings (SSSR count). The molecule has 1 heterocycles. The topological polar surface area (TPSA) is 38.8 Å². The van der Waals surface area contributed by atoms with Crippen molar-refractivity contribution in [3.8, 4) is 0 Å². The summed E-state index contributed by atoms with van der Waals surface area (Å²) in [5.41, 5.74) is 0. The lowest BCUT2D eigenvalue weighted by Gasteiger charge is -2.27. The third kappa shape index (κ3) is 4.77. The molecule has 0 aromatic heterocycles. The molecule has 0 aromatic rings. The Hall–Kier alpha value is -0.610. The van der Waals surface area contributed by atoms with Crippen LogP contribution in [0.2, 0.25) is 0 Å². The van der Waals surface area contributed by atoms with Crippen molar-refractivity contribution < 1.29 is 14.3 Å². The lowest BCUT2D eigenvalue weighted by atomic mass is 10.1. The van der Waals surface area contributed by atoms with E-state index in [4.69, 9.17) is 9.47 Å². The zero-order valence-electron chi connectivity index (χ0n) is 12.1. The molecule has 110 valence electrons. The summed E-state index contributed by atoms with van der Waals surface area (Å²) < 4.78 is 11.0. The highest BCUT2D eigenvalue weighted by Gasteiger charge is 2.22. The number of nitrogens with zero attached hydrogens (tertiary/aromatic N) is 1. The van der Waals surface area contributed by atoms with Crippen molar-refractivity contribution in [1.29, 1.82) is 0 Å². The second-order valence-corrected chi connectivity index (χ2v) is 5.80. The summed E-state index contributed by atoms with van der Waals surface area (Å²) in [5.74, 6) is 0.116. The zero-order chi connectivity index (χ0) is 13.5. The predicted octanol–water partition coefficient (Wildman–Crippen LogP) is 2.36. The van der Waals surface area contributed by atoms with E-state index < -0.39 is 0 Å². The van der Waals surface area contributed by atoms with Crippen LogP contribution >= 0.6 is 0 Å². The Morgan fingerprint density at radius 2 is 1.89 bits per heavy atom. The van der Waals surface area contributed by atoms with Crippen LogP contribution in [0.25, 0.3) is 0 Å². The van der Waals surface area contributed by atoms with Gasteiger partial charge in [-0.05, 0) is 25.7 Å². The van der Waals surface area contributed by atoms with Gasteiger partial charge in [0.15, 0.2) is 0 Å². The molecule has 0 spiro atoms. The summed E-state index contributed by atoms with van der Waals surface area (Å²) >= 11 is 0. The van der Waals surface area contributed by atoms with Crippen LogP contribution in [-0.2, 0) is 14.3 Å². The van der Waals surface area contributed by atoms with Gasteiger partial charge in [-0.1, -0.05) is 25.7 Å². The smallest absolute Gasteiger partial charge is 0.248 e. The van der Waals surface area contributed by atoms with Crippen LogP contribution < -0.4 is 0 Å². The number of likely N-dealkylation sites (N-methyl/N-ethyl adjacent to an activating group) is 1. The van der Waals surface area contributed by atoms with Crippen LogP contribution in [0.4, 0.5) is 0 Å². The molecule has 1 amide bonds. The first-order chi connectivity index (χ1) is 9.27. The van der Waals surface area contributed by atoms with Gasteiger partial charge in [0.2, 0.25) is 5.91 Å². The summed E-state index contributed by atoms with van der Waals surface area (Å²) in [6, 6.07) is 0.418. The van der Waals surface area contributed by atoms with E-state index in [2.05, 4.69) is 0 Å². The van der Waals surface area contributed by atoms with Crippen LogP contribution in [-0.4, -0.2) is 49.8 Å². The van der Waals surface area contributed by atoms with Gasteiger partial charge in [0.25, 0.3) is 0 Å². The van der Waals surface area contributed by atoms with Crippen molar-refractivity contribution in [2.45, 2.75) is 63.5 Å². The van der Waals surface area contributed by atoms with Gasteiger partial charge in [0, 0.05) is 19.7 Å². The van der Waals surface area contributed by atoms with Gasteiger partial charge < -0.3 is 14.4 Å². The molecule has 0 aromatic carbocycles. The Morgan fingerprint density at radius 3 is 2.53 bits per heavy atom. The number of hydrogen-bond acceptors (Lipinski definition) is 3. The van der Waals surface area contributed by atoms with E-state index in [1.807, 2.05) is 11.9 Å². The van der Waals surface area contributed by atoms with Gasteiger partial charge in [0.05, 0.1) is 12.7 Å². The Balaban J connectivity index is 1.65. The first-order valence-electron chi connectivity index (χ1n) is 7.72. The second-order valence-electron chi connectivity index (χ2n) is 5.80. The highest BCUT2D eigenvalue weighted by Crippen LogP contribution is 2.21. The molecule has 2 fully saturated rings. The molecule has 1 atom stereocenters. The van der Waals surface area contributed by atoms with Crippen molar-refractivity contribution in [1.82, 2.24) is 4.90 Å². The fourth-order valence-corrected chi connectivity index (χ4v) is 3.00. The summed E-state index contributed by atoms with van der Waals surface area (Å²) in [7, 11) is 1.92. The van der Waals surface area contributed by atoms with Gasteiger partial charge in [-0.25, -0.2) is 0 Å². The standard InChI is InChI=1S/C15H27NO3/c1-16(13-7-4-2-3-5-8-13)15(17)12-18-11-14-9-6-10-19-14/h13-14H,2-12H2,1H3. The van der Waals surface area contributed by atoms with Crippen LogP contribution in [0.5, 0.6) is 0 Å². The van der Waals surface area contributed by atoms with E-state index in [9.17, 15) is 4.79 Å². The lowest BCUT2D eigenvalue weighted by Crippen LogP contribution is -2.39. The number of carbonyl (C=O) groups is 1. The van der Waals surface area contributed by atoms with Gasteiger partial charge in [-0.3, -0.25) is 4.79 Å². The number of hydrogen-bond donors (Lipinski definition) is 0. The average Bonchev–Trinajstić information content (AvgIpc) is 2.78. The molecule has 0 N–H and O–H groups in total. The van der Waals surface area contributed by atoms with Crippen LogP contribution in [0.3, 0.4) is 0 Å². The number of amides is 1. The first kappa shape index (κ1) is 14.8. The van der Waals surface area contributed by atoms with Crippen LogP contribution in [0.1, 0.15) is 51.4 Å². The van der Waals surface area contributed by atoms with E-state index in [0.29, 0.717) is 12.6 Å². The van der Waals surface area contributed by atoms with E-state index in [1.165, 1.54) is 25.7 Å². The summed E-state index contributed by atoms with van der Waals surface area (Å²) in [4.78, 5) is 14.0. The minimum Gasteiger partial charge on any atom is -0.376 e. The molecule has 0 bridgehead atoms. The van der Waals surface area contributed by atoms with Gasteiger partial charge in [-0.15, -0.1) is 0 Å². The highest BCUT2D eigenvalue weighted by atomic mass is 16.5. The van der Waals surface area contributed by atoms with Crippen molar-refractivity contribution >= 4 is 5.91 Å². The van der Waals surface area contributed by atoms with Gasteiger partial charge in [-0.2, -0.15) is 0 Å². The Kier molecular flexibility index (Phi) is 6.11. The Bertz CT molecular complexity index is 269. The maximum absolute atomic E-state index is 12.1. The molecule has 1 saturated heterocycles. The maximum Gasteiger partial charge on any atom is 0.248 e. The SMILES string of the molecule is CN(C(=O)COCC1CCCO1)C1CCCCCC1. The summed E-state index contributed by atoms with van der Waals surface area (Å²) in [5, 5.41) is 0. The van der Waals surface area contributed by atoms with Crippen LogP contribution in [0, 0.1) is 0 Å². The number of rotatable bonds is 5. The fraction of sp³-hybridized carbons (Fsp3) is 0.933. The monoisotopic (exact) mass is 269 g/mol. The van der Waals surface area contributed by atoms with Crippen molar-refractivity contribution in [3.05, 3.63) is 0 Å². The third-order valence-corrected chi connectivity index (χ3v) is 4.32. The minimum absolute atomic E-state index is 0.116. The van der Waals surface area contributed by atoms with Crippen molar-refractivity contribution in [2.75, 3.05) is 26.9 Å². The van der Waals surface area contributed by atoms with E-state index in [0.717, 1.165) is 32.3 Å². The first-order valence-corrected chi connectivity index (χ1v) is 7.72. The fourth-order valence-electron chi connectivity index (χ4n) is 3.00. The maximum atomic E-state index is 12.1. The Morgan fingerprint density at radius 1 is 1.16 bits per heavy atom. The van der Waals surface area contributed by atoms with Gasteiger partial charge >= 0.3 is 0 Å². The van der Waals surface area contributed by atoms with E-state index in [-0.39, 0.29) is 18.6 Å². The molecule has 1 aliphatic heterocycles. The zero-order valence-corrected chi connectivity index (χ0v) is 12.1. The largest absolute Gasteiger partial charge is 0.376 e. The van der Waals surface area contributed by atoms with Crippen LogP contribution in [0.15, 0.2) is 0 Å². The molecular formula is C15H27NO3. The van der Waals surface area contributed by atoms with Crippen molar-refractivity contribution in [3.63, 3.8) is 0 Å². The van der Waals surface area contributed by atoms with Gasteiger partial charge in [0.1, 0.15) is 6.61 Å². The number of ether oxygens (including phenoxy) is 2. The highest BCUT2D eigenvalue weighted by molar-refractivity contribution is 5.77. The molecular weight excluding hydrogens is 242 g/mol. The molecule has 0 radical (unpaired) electrons. The summed E-state index contributed by atoms with van der Waals surface area (Å²) in [6.45, 7) is 1.60. The van der Waals surface area contributed by atoms with Crippen molar-refractivity contribution in [2.24, 2.45) is 0 Å². The molecule has 1 unspecified atom stereocenters. The lowest BCUT2D eigenvalue weighted by molar-refractivity contribution is -0.138. The average molecular weight is 269 g/mol. The molecule has 1 saturated carbocycles. The molecule has 2 aliphatic rings. The normalized spacial score (nSPS) is 25.2. The van der Waals surface area contributed by atoms with E-state index in [1.54, 1.807) is 0 Å². The predicted molar refractivity (Wildman–Crippen MR) is 74.1 cm³/mol. The Labute approximate surface area is 116 Å². The quantitative estimate of drug-likeness (QED) is 0.719. The second kappa shape index (κ2) is 7.85. The molecule has 1 aliphatic carbocycles. The molecule has 4 heteroatoms. The minimum atomic E-state index is 0.116.